The van der Waals surface area contributed by atoms with Crippen LogP contribution < -0.4 is 0 Å². The lowest BCUT2D eigenvalue weighted by molar-refractivity contribution is -0.220. The van der Waals surface area contributed by atoms with Crippen molar-refractivity contribution >= 4 is 23.2 Å². The summed E-state index contributed by atoms with van der Waals surface area (Å²) in [4.78, 5) is 24.3. The van der Waals surface area contributed by atoms with Crippen LogP contribution in [-0.4, -0.2) is 56.2 Å². The van der Waals surface area contributed by atoms with Gasteiger partial charge in [-0.1, -0.05) is 18.6 Å². The van der Waals surface area contributed by atoms with E-state index in [9.17, 15) is 24.9 Å². The number of halogens is 2. The second-order valence-corrected chi connectivity index (χ2v) is 9.61. The maximum Gasteiger partial charge on any atom is 0.182 e. The molecule has 154 valence electrons. The molecule has 0 heterocycles. The van der Waals surface area contributed by atoms with E-state index in [1.807, 2.05) is 0 Å². The first-order valence-corrected chi connectivity index (χ1v) is 10.3. The van der Waals surface area contributed by atoms with Crippen molar-refractivity contribution in [3.05, 3.63) is 23.8 Å². The number of Topliss-reactive ketones (excluding diaryl/α,β-unsaturated/α-hetero) is 1. The summed E-state index contributed by atoms with van der Waals surface area (Å²) in [5, 5.41) is 32.9. The van der Waals surface area contributed by atoms with Gasteiger partial charge in [0.25, 0.3) is 0 Å². The van der Waals surface area contributed by atoms with Crippen LogP contribution in [0.5, 0.6) is 0 Å². The Morgan fingerprint density at radius 3 is 2.61 bits per heavy atom. The molecule has 0 aliphatic heterocycles. The van der Waals surface area contributed by atoms with Gasteiger partial charge in [0.2, 0.25) is 0 Å². The Kier molecular flexibility index (Phi) is 4.31. The molecule has 0 bridgehead atoms. The normalized spacial score (nSPS) is 52.5. The van der Waals surface area contributed by atoms with Crippen molar-refractivity contribution in [2.75, 3.05) is 5.88 Å². The number of rotatable bonds is 2. The topological polar surface area (TPSA) is 94.8 Å². The van der Waals surface area contributed by atoms with Gasteiger partial charge in [-0.15, -0.1) is 11.6 Å². The van der Waals surface area contributed by atoms with Gasteiger partial charge in [0.1, 0.15) is 0 Å². The SMILES string of the molecule is C[C@]12C=CC(=O)C=C1CC[C@H]1[C@@H]3C[C@@H](O)[C@](O)(C(=O)CCl)[C@@]3(C)C[C@H](O)[C@@]12F. The molecule has 0 saturated heterocycles. The van der Waals surface area contributed by atoms with Gasteiger partial charge in [-0.3, -0.25) is 9.59 Å². The minimum Gasteiger partial charge on any atom is -0.390 e. The molecule has 0 aromatic rings. The zero-order valence-electron chi connectivity index (χ0n) is 16.0. The highest BCUT2D eigenvalue weighted by Crippen LogP contribution is 2.69. The summed E-state index contributed by atoms with van der Waals surface area (Å²) in [6.45, 7) is 3.34. The number of carbonyl (C=O) groups excluding carboxylic acids is 2. The van der Waals surface area contributed by atoms with E-state index in [0.717, 1.165) is 0 Å². The minimum atomic E-state index is -2.11. The van der Waals surface area contributed by atoms with Gasteiger partial charge in [0.05, 0.1) is 18.1 Å². The van der Waals surface area contributed by atoms with Gasteiger partial charge in [-0.25, -0.2) is 4.39 Å². The van der Waals surface area contributed by atoms with E-state index in [2.05, 4.69) is 0 Å². The van der Waals surface area contributed by atoms with Crippen molar-refractivity contribution < 1.29 is 29.3 Å². The molecule has 4 aliphatic rings. The summed E-state index contributed by atoms with van der Waals surface area (Å²) in [7, 11) is 0. The first-order chi connectivity index (χ1) is 13.0. The third-order valence-electron chi connectivity index (χ3n) is 8.41. The summed E-state index contributed by atoms with van der Waals surface area (Å²) in [6, 6.07) is 0. The standard InChI is InChI=1S/C21H26ClFO5/c1-18-6-5-12(24)7-11(18)3-4-13-14-8-15(25)21(28,17(27)10-22)19(14,2)9-16(26)20(13,18)23/h5-7,13-16,25-26,28H,3-4,8-10H2,1-2H3/t13-,14-,15+,16-,18-,19-,20-,21-/m0/s1. The van der Waals surface area contributed by atoms with Crippen molar-refractivity contribution in [3.8, 4) is 0 Å². The van der Waals surface area contributed by atoms with E-state index < -0.39 is 57.8 Å². The molecule has 8 atom stereocenters. The average Bonchev–Trinajstić information content (AvgIpc) is 2.84. The number of alkyl halides is 2. The second kappa shape index (κ2) is 5.97. The first kappa shape index (κ1) is 20.2. The first-order valence-electron chi connectivity index (χ1n) is 9.77. The van der Waals surface area contributed by atoms with E-state index in [1.54, 1.807) is 19.9 Å². The highest BCUT2D eigenvalue weighted by molar-refractivity contribution is 6.29. The van der Waals surface area contributed by atoms with Crippen molar-refractivity contribution in [3.63, 3.8) is 0 Å². The van der Waals surface area contributed by atoms with E-state index in [-0.39, 0.29) is 18.6 Å². The van der Waals surface area contributed by atoms with Crippen LogP contribution in [-0.2, 0) is 9.59 Å². The molecule has 0 amide bonds. The molecule has 0 radical (unpaired) electrons. The monoisotopic (exact) mass is 412 g/mol. The maximum atomic E-state index is 16.8. The molecule has 5 nitrogen and oxygen atoms in total. The molecule has 3 fully saturated rings. The van der Waals surface area contributed by atoms with Crippen LogP contribution in [0.3, 0.4) is 0 Å². The van der Waals surface area contributed by atoms with Crippen LogP contribution in [0.1, 0.15) is 39.5 Å². The lowest BCUT2D eigenvalue weighted by Crippen LogP contribution is -2.69. The fraction of sp³-hybridized carbons (Fsp3) is 0.714. The highest BCUT2D eigenvalue weighted by atomic mass is 35.5. The molecule has 28 heavy (non-hydrogen) atoms. The molecule has 3 saturated carbocycles. The maximum absolute atomic E-state index is 16.8. The van der Waals surface area contributed by atoms with Gasteiger partial charge >= 0.3 is 0 Å². The van der Waals surface area contributed by atoms with Gasteiger partial charge in [0, 0.05) is 16.7 Å². The van der Waals surface area contributed by atoms with Gasteiger partial charge in [0.15, 0.2) is 22.8 Å². The summed E-state index contributed by atoms with van der Waals surface area (Å²) < 4.78 is 16.8. The van der Waals surface area contributed by atoms with E-state index in [4.69, 9.17) is 11.6 Å². The Bertz CT molecular complexity index is 811. The summed E-state index contributed by atoms with van der Waals surface area (Å²) in [5.74, 6) is -2.53. The smallest absolute Gasteiger partial charge is 0.182 e. The van der Waals surface area contributed by atoms with Crippen molar-refractivity contribution in [2.45, 2.75) is 63.0 Å². The Balaban J connectivity index is 1.84. The Morgan fingerprint density at radius 2 is 1.96 bits per heavy atom. The van der Waals surface area contributed by atoms with Crippen LogP contribution in [0.2, 0.25) is 0 Å². The molecule has 0 aromatic carbocycles. The van der Waals surface area contributed by atoms with Crippen molar-refractivity contribution in [1.29, 1.82) is 0 Å². The minimum absolute atomic E-state index is 0.0659. The highest BCUT2D eigenvalue weighted by Gasteiger charge is 2.76. The summed E-state index contributed by atoms with van der Waals surface area (Å²) >= 11 is 5.70. The molecule has 4 aliphatic carbocycles. The summed E-state index contributed by atoms with van der Waals surface area (Å²) in [5.41, 5.74) is -5.85. The number of hydrogen-bond acceptors (Lipinski definition) is 5. The van der Waals surface area contributed by atoms with Gasteiger partial charge < -0.3 is 15.3 Å². The van der Waals surface area contributed by atoms with Crippen LogP contribution in [0.4, 0.5) is 4.39 Å². The predicted octanol–water partition coefficient (Wildman–Crippen LogP) is 1.87. The van der Waals surface area contributed by atoms with Crippen LogP contribution in [0, 0.1) is 22.7 Å². The number of allylic oxidation sites excluding steroid dienone is 4. The molecule has 0 aromatic heterocycles. The lowest BCUT2D eigenvalue weighted by atomic mass is 9.44. The van der Waals surface area contributed by atoms with Crippen LogP contribution in [0.15, 0.2) is 23.8 Å². The predicted molar refractivity (Wildman–Crippen MR) is 100 cm³/mol. The second-order valence-electron chi connectivity index (χ2n) is 9.34. The molecule has 0 spiro atoms. The van der Waals surface area contributed by atoms with Gasteiger partial charge in [-0.05, 0) is 50.7 Å². The van der Waals surface area contributed by atoms with Crippen LogP contribution in [0.25, 0.3) is 0 Å². The third-order valence-corrected chi connectivity index (χ3v) is 8.65. The van der Waals surface area contributed by atoms with Crippen LogP contribution >= 0.6 is 11.6 Å². The number of hydrogen-bond donors (Lipinski definition) is 3. The van der Waals surface area contributed by atoms with E-state index in [0.29, 0.717) is 18.4 Å². The van der Waals surface area contributed by atoms with Gasteiger partial charge in [-0.2, -0.15) is 0 Å². The number of aliphatic hydroxyl groups is 3. The average molecular weight is 413 g/mol. The molecular formula is C21H26ClFO5. The molecular weight excluding hydrogens is 387 g/mol. The zero-order chi connectivity index (χ0) is 20.7. The molecule has 7 heteroatoms. The Hall–Kier alpha value is -1.08. The Labute approximate surface area is 168 Å². The van der Waals surface area contributed by atoms with Crippen molar-refractivity contribution in [2.24, 2.45) is 22.7 Å². The summed E-state index contributed by atoms with van der Waals surface area (Å²) in [6.07, 6.45) is 2.25. The number of carbonyl (C=O) groups is 2. The lowest BCUT2D eigenvalue weighted by Gasteiger charge is -2.62. The number of ketones is 2. The fourth-order valence-electron chi connectivity index (χ4n) is 6.83. The molecule has 4 rings (SSSR count). The largest absolute Gasteiger partial charge is 0.390 e. The van der Waals surface area contributed by atoms with Crippen molar-refractivity contribution in [1.82, 2.24) is 0 Å². The van der Waals surface area contributed by atoms with E-state index >= 15 is 4.39 Å². The van der Waals surface area contributed by atoms with E-state index in [1.165, 1.54) is 12.2 Å². The third kappa shape index (κ3) is 2.07. The Morgan fingerprint density at radius 1 is 1.29 bits per heavy atom. The quantitative estimate of drug-likeness (QED) is 0.602. The zero-order valence-corrected chi connectivity index (χ0v) is 16.7. The molecule has 3 N–H and O–H groups in total. The number of aliphatic hydroxyl groups excluding tert-OH is 2. The number of fused-ring (bicyclic) bond motifs is 5. The fourth-order valence-corrected chi connectivity index (χ4v) is 7.03. The molecule has 0 unspecified atom stereocenters.